The summed E-state index contributed by atoms with van der Waals surface area (Å²) >= 11 is 18.0. The van der Waals surface area contributed by atoms with Gasteiger partial charge in [0.15, 0.2) is 0 Å². The number of sulfonamides is 1. The summed E-state index contributed by atoms with van der Waals surface area (Å²) < 4.78 is 62.5. The number of nitrogens with two attached hydrogens (primary N) is 1. The second kappa shape index (κ2) is 15.2. The molecule has 0 radical (unpaired) electrons. The summed E-state index contributed by atoms with van der Waals surface area (Å²) in [7, 11) is -9.67. The largest absolute Gasteiger partial charge is 0.399 e. The second-order valence-corrected chi connectivity index (χ2v) is 15.3. The average molecular weight is 737 g/mol. The fourth-order valence-corrected chi connectivity index (χ4v) is 7.68. The van der Waals surface area contributed by atoms with Gasteiger partial charge in [0.2, 0.25) is 10.0 Å². The Morgan fingerprint density at radius 1 is 0.950 bits per heavy atom. The van der Waals surface area contributed by atoms with Crippen LogP contribution in [-0.2, 0) is 31.8 Å². The minimum absolute atomic E-state index is 0.0558. The van der Waals surface area contributed by atoms with Gasteiger partial charge in [-0.15, -0.1) is 23.5 Å². The van der Waals surface area contributed by atoms with E-state index in [1.54, 1.807) is 0 Å². The average Bonchev–Trinajstić information content (AvgIpc) is 2.86. The molecule has 0 aromatic heterocycles. The molecule has 0 bridgehead atoms. The summed E-state index contributed by atoms with van der Waals surface area (Å²) in [4.78, 5) is 19.5. The molecule has 3 rings (SSSR count). The number of rotatable bonds is 10. The van der Waals surface area contributed by atoms with Crippen LogP contribution in [0.5, 0.6) is 0 Å². The number of alkyl halides is 2. The third kappa shape index (κ3) is 9.97. The standard InChI is InChI=1S/C21H17BrCl2F2NO5PS3.C4H10/c22-17-6-12(4-5-16(17)21(25,26)33(28,29)30)10-34-14-2-1-3-15(8-14)35-11-13-7-20(36(27,31)32)19(24)9-18(13)23;1-3-4-2/h1-9H,10-11H2,(H2,27,31,32)(H2,28,29,30);3-4H2,1-2H3. The van der Waals surface area contributed by atoms with Crippen LogP contribution in [0.1, 0.15) is 43.4 Å². The number of hydrogen-bond acceptors (Lipinski definition) is 5. The molecule has 0 aliphatic heterocycles. The molecule has 0 spiro atoms. The maximum atomic E-state index is 14.0. The van der Waals surface area contributed by atoms with E-state index >= 15 is 0 Å². The van der Waals surface area contributed by atoms with Crippen LogP contribution in [0.3, 0.4) is 0 Å². The van der Waals surface area contributed by atoms with Gasteiger partial charge < -0.3 is 9.79 Å². The molecular formula is C25H27BrCl2F2NO5PS3. The molecule has 0 amide bonds. The van der Waals surface area contributed by atoms with E-state index in [-0.39, 0.29) is 14.4 Å². The molecule has 15 heteroatoms. The summed E-state index contributed by atoms with van der Waals surface area (Å²) in [6, 6.07) is 14.0. The Bertz CT molecular complexity index is 1490. The molecule has 0 aliphatic carbocycles. The van der Waals surface area contributed by atoms with Crippen molar-refractivity contribution in [2.75, 3.05) is 0 Å². The lowest BCUT2D eigenvalue weighted by atomic mass is 10.1. The highest BCUT2D eigenvalue weighted by atomic mass is 79.9. The van der Waals surface area contributed by atoms with Crippen LogP contribution < -0.4 is 5.14 Å². The van der Waals surface area contributed by atoms with E-state index in [0.717, 1.165) is 15.9 Å². The first-order chi connectivity index (χ1) is 18.5. The van der Waals surface area contributed by atoms with Gasteiger partial charge in [0.1, 0.15) is 4.90 Å². The smallest absolute Gasteiger partial charge is 0.320 e. The zero-order valence-electron chi connectivity index (χ0n) is 21.3. The third-order valence-electron chi connectivity index (χ3n) is 5.24. The predicted octanol–water partition coefficient (Wildman–Crippen LogP) is 9.02. The predicted molar refractivity (Wildman–Crippen MR) is 164 cm³/mol. The van der Waals surface area contributed by atoms with E-state index < -0.39 is 28.8 Å². The van der Waals surface area contributed by atoms with Crippen LogP contribution in [0.25, 0.3) is 0 Å². The van der Waals surface area contributed by atoms with E-state index in [1.165, 1.54) is 60.6 Å². The van der Waals surface area contributed by atoms with Crippen LogP contribution in [0.4, 0.5) is 8.78 Å². The summed E-state index contributed by atoms with van der Waals surface area (Å²) in [5.41, 5.74) is -3.87. The molecule has 0 fully saturated rings. The maximum Gasteiger partial charge on any atom is 0.399 e. The van der Waals surface area contributed by atoms with Crippen LogP contribution in [0, 0.1) is 0 Å². The molecular weight excluding hydrogens is 710 g/mol. The van der Waals surface area contributed by atoms with E-state index in [4.69, 9.17) is 38.1 Å². The highest BCUT2D eigenvalue weighted by molar-refractivity contribution is 9.10. The quantitative estimate of drug-likeness (QED) is 0.140. The third-order valence-corrected chi connectivity index (χ3v) is 10.7. The zero-order chi connectivity index (χ0) is 30.3. The van der Waals surface area contributed by atoms with Gasteiger partial charge in [0.25, 0.3) is 0 Å². The first-order valence-electron chi connectivity index (χ1n) is 11.6. The lowest BCUT2D eigenvalue weighted by molar-refractivity contribution is 0.0557. The van der Waals surface area contributed by atoms with Crippen molar-refractivity contribution in [1.29, 1.82) is 0 Å². The number of benzene rings is 3. The number of halogens is 5. The maximum absolute atomic E-state index is 14.0. The topological polar surface area (TPSA) is 118 Å². The molecule has 0 saturated heterocycles. The highest BCUT2D eigenvalue weighted by Crippen LogP contribution is 2.60. The molecule has 3 aromatic carbocycles. The Balaban J connectivity index is 0.00000131. The van der Waals surface area contributed by atoms with Crippen LogP contribution in [0.15, 0.2) is 73.8 Å². The van der Waals surface area contributed by atoms with E-state index in [9.17, 15) is 21.8 Å². The second-order valence-electron chi connectivity index (χ2n) is 8.37. The lowest BCUT2D eigenvalue weighted by Crippen LogP contribution is -2.14. The number of primary sulfonamides is 1. The Morgan fingerprint density at radius 2 is 1.52 bits per heavy atom. The number of thioether (sulfide) groups is 2. The van der Waals surface area contributed by atoms with Crippen molar-refractivity contribution in [3.8, 4) is 0 Å². The molecule has 0 atom stereocenters. The van der Waals surface area contributed by atoms with Crippen molar-refractivity contribution in [3.63, 3.8) is 0 Å². The molecule has 6 nitrogen and oxygen atoms in total. The SMILES string of the molecule is CCCC.NS(=O)(=O)c1cc(CSc2cccc(SCc3ccc(C(F)(F)P(=O)(O)O)c(Br)c3)c2)c(Cl)cc1Cl. The Labute approximate surface area is 259 Å². The fourth-order valence-electron chi connectivity index (χ4n) is 2.93. The Hall–Kier alpha value is -0.660. The number of unbranched alkanes of at least 4 members (excludes halogenated alkanes) is 1. The van der Waals surface area contributed by atoms with Gasteiger partial charge in [-0.05, 0) is 47.5 Å². The molecule has 0 heterocycles. The van der Waals surface area contributed by atoms with Crippen LogP contribution in [0.2, 0.25) is 10.0 Å². The van der Waals surface area contributed by atoms with Gasteiger partial charge in [0, 0.05) is 36.4 Å². The Kier molecular flexibility index (Phi) is 13.5. The summed E-state index contributed by atoms with van der Waals surface area (Å²) in [5.74, 6) is 0.768. The van der Waals surface area contributed by atoms with Gasteiger partial charge >= 0.3 is 13.3 Å². The van der Waals surface area contributed by atoms with Crippen molar-refractivity contribution >= 4 is 80.3 Å². The van der Waals surface area contributed by atoms with E-state index in [2.05, 4.69) is 29.8 Å². The lowest BCUT2D eigenvalue weighted by Gasteiger charge is -2.19. The molecule has 4 N–H and O–H groups in total. The monoisotopic (exact) mass is 735 g/mol. The van der Waals surface area contributed by atoms with Crippen molar-refractivity contribution in [3.05, 3.63) is 85.8 Å². The number of hydrogen-bond donors (Lipinski definition) is 3. The minimum atomic E-state index is -5.67. The fraction of sp³-hybridized carbons (Fsp3) is 0.280. The summed E-state index contributed by atoms with van der Waals surface area (Å²) in [6.45, 7) is 4.36. The van der Waals surface area contributed by atoms with Gasteiger partial charge in [-0.1, -0.05) is 84.0 Å². The minimum Gasteiger partial charge on any atom is -0.320 e. The summed E-state index contributed by atoms with van der Waals surface area (Å²) in [5, 5.41) is 5.46. The normalized spacial score (nSPS) is 12.2. The van der Waals surface area contributed by atoms with Crippen molar-refractivity contribution in [2.24, 2.45) is 5.14 Å². The van der Waals surface area contributed by atoms with Gasteiger partial charge in [-0.2, -0.15) is 8.78 Å². The van der Waals surface area contributed by atoms with Crippen molar-refractivity contribution in [2.45, 2.75) is 58.5 Å². The first kappa shape index (κ1) is 35.5. The van der Waals surface area contributed by atoms with Crippen LogP contribution in [-0.4, -0.2) is 18.2 Å². The van der Waals surface area contributed by atoms with E-state index in [1.807, 2.05) is 24.3 Å². The molecule has 3 aromatic rings. The van der Waals surface area contributed by atoms with Gasteiger partial charge in [-0.25, -0.2) is 13.6 Å². The molecule has 0 saturated carbocycles. The molecule has 40 heavy (non-hydrogen) atoms. The molecule has 220 valence electrons. The Morgan fingerprint density at radius 3 is 2.02 bits per heavy atom. The van der Waals surface area contributed by atoms with Crippen molar-refractivity contribution in [1.82, 2.24) is 0 Å². The molecule has 0 aliphatic rings. The summed E-state index contributed by atoms with van der Waals surface area (Å²) in [6.07, 6.45) is 2.64. The first-order valence-corrected chi connectivity index (χ1v) is 18.3. The highest BCUT2D eigenvalue weighted by Gasteiger charge is 2.51. The zero-order valence-corrected chi connectivity index (χ0v) is 27.7. The molecule has 0 unspecified atom stereocenters. The van der Waals surface area contributed by atoms with E-state index in [0.29, 0.717) is 27.7 Å². The van der Waals surface area contributed by atoms with Gasteiger partial charge in [0.05, 0.1) is 5.02 Å². The van der Waals surface area contributed by atoms with Crippen molar-refractivity contribution < 1.29 is 31.6 Å². The van der Waals surface area contributed by atoms with Crippen LogP contribution >= 0.6 is 70.3 Å². The van der Waals surface area contributed by atoms with Gasteiger partial charge in [-0.3, -0.25) is 4.57 Å².